The lowest BCUT2D eigenvalue weighted by Crippen LogP contribution is -2.18. The summed E-state index contributed by atoms with van der Waals surface area (Å²) in [7, 11) is 4.60. The third-order valence-electron chi connectivity index (χ3n) is 1.57. The molecule has 1 atom stereocenters. The molecule has 10 heavy (non-hydrogen) atoms. The average molecular weight is 136 g/mol. The molecule has 2 radical (unpaired) electrons. The first kappa shape index (κ1) is 10.1. The maximum absolute atomic E-state index is 2.31. The van der Waals surface area contributed by atoms with Gasteiger partial charge in [-0.3, -0.25) is 0 Å². The van der Waals surface area contributed by atoms with Crippen LogP contribution in [0.1, 0.15) is 41.0 Å². The highest BCUT2D eigenvalue weighted by Crippen LogP contribution is 2.21. The van der Waals surface area contributed by atoms with Crippen LogP contribution in [0, 0.1) is 0 Å². The second-order valence-corrected chi connectivity index (χ2v) is 4.11. The van der Waals surface area contributed by atoms with Crippen LogP contribution in [-0.2, 0) is 0 Å². The number of rotatable bonds is 3. The normalized spacial score (nSPS) is 14.5. The highest BCUT2D eigenvalue weighted by molar-refractivity contribution is 7.02. The van der Waals surface area contributed by atoms with Gasteiger partial charge in [-0.2, -0.15) is 0 Å². The Morgan fingerprint density at radius 2 is 1.80 bits per heavy atom. The summed E-state index contributed by atoms with van der Waals surface area (Å²) in [5, 5.41) is 0.351. The zero-order chi connectivity index (χ0) is 8.20. The number of hydrogen-bond donors (Lipinski definition) is 0. The molecule has 2 heteroatoms. The fraction of sp³-hybridized carbons (Fsp3) is 1.00. The zero-order valence-corrected chi connectivity index (χ0v) is 7.94. The fourth-order valence-corrected chi connectivity index (χ4v) is 0.589. The van der Waals surface area contributed by atoms with Gasteiger partial charge in [0.05, 0.1) is 14.3 Å². The van der Waals surface area contributed by atoms with Crippen LogP contribution in [0.4, 0.5) is 0 Å². The van der Waals surface area contributed by atoms with Crippen LogP contribution in [0.15, 0.2) is 0 Å². The number of hydrogen-bond acceptors (Lipinski definition) is 0. The molecule has 0 heterocycles. The van der Waals surface area contributed by atoms with Crippen molar-refractivity contribution in [1.82, 2.24) is 0 Å². The monoisotopic (exact) mass is 136 g/mol. The Kier molecular flexibility index (Phi) is 4.15. The molecule has 0 aromatic heterocycles. The molecule has 1 unspecified atom stereocenters. The molecular formula is C8H18B2. The highest BCUT2D eigenvalue weighted by atomic mass is 14.0. The minimum atomic E-state index is 0.351. The summed E-state index contributed by atoms with van der Waals surface area (Å²) in [4.78, 5) is 0. The van der Waals surface area contributed by atoms with E-state index in [1.54, 1.807) is 0 Å². The van der Waals surface area contributed by atoms with Crippen LogP contribution in [0.2, 0.25) is 11.1 Å². The molecule has 0 N–H and O–H groups in total. The van der Waals surface area contributed by atoms with Crippen molar-refractivity contribution in [3.05, 3.63) is 0 Å². The van der Waals surface area contributed by atoms with Crippen LogP contribution >= 0.6 is 0 Å². The van der Waals surface area contributed by atoms with E-state index in [0.29, 0.717) is 5.31 Å². The van der Waals surface area contributed by atoms with E-state index in [2.05, 4.69) is 49.0 Å². The molecule has 0 bridgehead atoms. The zero-order valence-electron chi connectivity index (χ0n) is 7.94. The Morgan fingerprint density at radius 3 is 2.10 bits per heavy atom. The second-order valence-electron chi connectivity index (χ2n) is 4.11. The van der Waals surface area contributed by atoms with E-state index in [1.807, 2.05) is 0 Å². The van der Waals surface area contributed by atoms with Gasteiger partial charge in [0, 0.05) is 0 Å². The summed E-state index contributed by atoms with van der Waals surface area (Å²) in [5.41, 5.74) is 0. The third kappa shape index (κ3) is 6.25. The van der Waals surface area contributed by atoms with Crippen LogP contribution in [-0.4, -0.2) is 14.3 Å². The van der Waals surface area contributed by atoms with Gasteiger partial charge in [-0.1, -0.05) is 52.2 Å². The second kappa shape index (κ2) is 4.10. The lowest BCUT2D eigenvalue weighted by molar-refractivity contribution is 0.760. The van der Waals surface area contributed by atoms with Crippen molar-refractivity contribution in [1.29, 1.82) is 0 Å². The average Bonchev–Trinajstić information content (AvgIpc) is 1.81. The SMILES string of the molecule is CCC(C)[B][B]C(C)(C)C. The van der Waals surface area contributed by atoms with E-state index in [-0.39, 0.29) is 0 Å². The van der Waals surface area contributed by atoms with E-state index < -0.39 is 0 Å². The van der Waals surface area contributed by atoms with E-state index in [9.17, 15) is 0 Å². The fourth-order valence-electron chi connectivity index (χ4n) is 0.589. The quantitative estimate of drug-likeness (QED) is 0.523. The highest BCUT2D eigenvalue weighted by Gasteiger charge is 2.13. The molecule has 0 saturated carbocycles. The molecule has 0 aromatic rings. The molecule has 56 valence electrons. The summed E-state index contributed by atoms with van der Waals surface area (Å²) in [6.07, 6.45) is 1.24. The summed E-state index contributed by atoms with van der Waals surface area (Å²) >= 11 is 0. The standard InChI is InChI=1S/C8H18B2/c1-6-7(2)9-10-8(3,4)5/h7H,6H2,1-5H3. The van der Waals surface area contributed by atoms with Gasteiger partial charge < -0.3 is 0 Å². The summed E-state index contributed by atoms with van der Waals surface area (Å²) in [6, 6.07) is 0. The molecule has 0 fully saturated rings. The topological polar surface area (TPSA) is 0 Å². The van der Waals surface area contributed by atoms with Crippen molar-refractivity contribution < 1.29 is 0 Å². The van der Waals surface area contributed by atoms with Gasteiger partial charge in [-0.25, -0.2) is 0 Å². The minimum absolute atomic E-state index is 0.351. The first-order valence-corrected chi connectivity index (χ1v) is 4.15. The van der Waals surface area contributed by atoms with Gasteiger partial charge in [-0.05, 0) is 0 Å². The van der Waals surface area contributed by atoms with E-state index >= 15 is 0 Å². The Morgan fingerprint density at radius 1 is 1.30 bits per heavy atom. The molecule has 0 nitrogen and oxygen atoms in total. The van der Waals surface area contributed by atoms with E-state index in [1.165, 1.54) is 6.42 Å². The molecule has 0 amide bonds. The van der Waals surface area contributed by atoms with Crippen LogP contribution in [0.25, 0.3) is 0 Å². The van der Waals surface area contributed by atoms with Crippen molar-refractivity contribution in [2.75, 3.05) is 0 Å². The predicted octanol–water partition coefficient (Wildman–Crippen LogP) is 2.75. The molecule has 0 aliphatic heterocycles. The van der Waals surface area contributed by atoms with E-state index in [4.69, 9.17) is 0 Å². The van der Waals surface area contributed by atoms with Crippen LogP contribution in [0.5, 0.6) is 0 Å². The van der Waals surface area contributed by atoms with Crippen molar-refractivity contribution in [3.63, 3.8) is 0 Å². The smallest absolute Gasteiger partial charge is 0.0731 e. The van der Waals surface area contributed by atoms with Gasteiger partial charge in [-0.15, -0.1) is 0 Å². The minimum Gasteiger partial charge on any atom is -0.0804 e. The molecule has 0 aliphatic carbocycles. The van der Waals surface area contributed by atoms with Gasteiger partial charge in [0.25, 0.3) is 0 Å². The van der Waals surface area contributed by atoms with Gasteiger partial charge >= 0.3 is 0 Å². The lowest BCUT2D eigenvalue weighted by atomic mass is 9.26. The molecule has 0 saturated heterocycles. The third-order valence-corrected chi connectivity index (χ3v) is 1.57. The summed E-state index contributed by atoms with van der Waals surface area (Å²) in [5.74, 6) is 0.735. The lowest BCUT2D eigenvalue weighted by Gasteiger charge is -2.18. The van der Waals surface area contributed by atoms with Crippen molar-refractivity contribution in [3.8, 4) is 0 Å². The van der Waals surface area contributed by atoms with Gasteiger partial charge in [0.2, 0.25) is 0 Å². The van der Waals surface area contributed by atoms with Gasteiger partial charge in [0.15, 0.2) is 0 Å². The Labute approximate surface area is 67.3 Å². The molecule has 0 aromatic carbocycles. The summed E-state index contributed by atoms with van der Waals surface area (Å²) < 4.78 is 0. The van der Waals surface area contributed by atoms with Crippen molar-refractivity contribution in [2.45, 2.75) is 52.2 Å². The van der Waals surface area contributed by atoms with Gasteiger partial charge in [0.1, 0.15) is 0 Å². The molecule has 0 spiro atoms. The van der Waals surface area contributed by atoms with Crippen molar-refractivity contribution >= 4 is 14.3 Å². The van der Waals surface area contributed by atoms with Crippen LogP contribution in [0.3, 0.4) is 0 Å². The maximum atomic E-state index is 2.31. The first-order chi connectivity index (χ1) is 4.45. The molecule has 0 aliphatic rings. The first-order valence-electron chi connectivity index (χ1n) is 4.15. The Hall–Kier alpha value is 0.130. The predicted molar refractivity (Wildman–Crippen MR) is 50.9 cm³/mol. The molecule has 0 rings (SSSR count). The van der Waals surface area contributed by atoms with E-state index in [0.717, 1.165) is 5.82 Å². The van der Waals surface area contributed by atoms with Crippen LogP contribution < -0.4 is 0 Å². The molecular weight excluding hydrogens is 118 g/mol. The largest absolute Gasteiger partial charge is 0.0804 e. The van der Waals surface area contributed by atoms with Crippen molar-refractivity contribution in [2.24, 2.45) is 0 Å². The maximum Gasteiger partial charge on any atom is 0.0731 e. The Bertz CT molecular complexity index is 83.7. The Balaban J connectivity index is 3.36. The summed E-state index contributed by atoms with van der Waals surface area (Å²) in [6.45, 7) is 11.2.